The van der Waals surface area contributed by atoms with E-state index in [4.69, 9.17) is 4.42 Å². The van der Waals surface area contributed by atoms with E-state index in [0.29, 0.717) is 6.54 Å². The van der Waals surface area contributed by atoms with Gasteiger partial charge in [-0.1, -0.05) is 22.0 Å². The Morgan fingerprint density at radius 2 is 2.06 bits per heavy atom. The zero-order valence-corrected chi connectivity index (χ0v) is 12.9. The third kappa shape index (κ3) is 3.34. The van der Waals surface area contributed by atoms with Crippen LogP contribution in [0.3, 0.4) is 0 Å². The highest BCUT2D eigenvalue weighted by atomic mass is 79.9. The maximum atomic E-state index is 5.79. The Bertz CT molecular complexity index is 548. The molecule has 0 saturated heterocycles. The summed E-state index contributed by atoms with van der Waals surface area (Å²) in [5.74, 6) is 1.78. The predicted octanol–water partition coefficient (Wildman–Crippen LogP) is 4.75. The van der Waals surface area contributed by atoms with Crippen LogP contribution in [0.1, 0.15) is 5.76 Å². The second kappa shape index (κ2) is 6.36. The van der Waals surface area contributed by atoms with E-state index < -0.39 is 0 Å². The van der Waals surface area contributed by atoms with Crippen LogP contribution < -0.4 is 5.32 Å². The average Bonchev–Trinajstić information content (AvgIpc) is 2.78. The van der Waals surface area contributed by atoms with Gasteiger partial charge >= 0.3 is 0 Å². The van der Waals surface area contributed by atoms with Crippen LogP contribution in [0.5, 0.6) is 0 Å². The van der Waals surface area contributed by atoms with Crippen molar-refractivity contribution < 1.29 is 4.42 Å². The van der Waals surface area contributed by atoms with Crippen LogP contribution in [-0.4, -0.2) is 6.54 Å². The molecule has 18 heavy (non-hydrogen) atoms. The van der Waals surface area contributed by atoms with E-state index in [-0.39, 0.29) is 0 Å². The van der Waals surface area contributed by atoms with Crippen molar-refractivity contribution in [3.05, 3.63) is 57.7 Å². The van der Waals surface area contributed by atoms with E-state index in [1.165, 1.54) is 0 Å². The largest absolute Gasteiger partial charge is 0.460 e. The van der Waals surface area contributed by atoms with E-state index in [2.05, 4.69) is 43.8 Å². The summed E-state index contributed by atoms with van der Waals surface area (Å²) in [6.07, 6.45) is 1.83. The van der Waals surface area contributed by atoms with Crippen LogP contribution in [0.4, 0.5) is 0 Å². The number of rotatable bonds is 5. The SMILES string of the molecule is C=CCNCc1ccc(-c2ccc(Br)cc2Br)o1. The molecular weight excluding hydrogens is 358 g/mol. The first-order chi connectivity index (χ1) is 8.70. The lowest BCUT2D eigenvalue weighted by Crippen LogP contribution is -2.11. The van der Waals surface area contributed by atoms with Gasteiger partial charge in [0.2, 0.25) is 0 Å². The van der Waals surface area contributed by atoms with Crippen molar-refractivity contribution in [1.82, 2.24) is 5.32 Å². The fraction of sp³-hybridized carbons (Fsp3) is 0.143. The molecule has 94 valence electrons. The molecule has 0 spiro atoms. The van der Waals surface area contributed by atoms with Crippen molar-refractivity contribution >= 4 is 31.9 Å². The zero-order chi connectivity index (χ0) is 13.0. The molecule has 1 N–H and O–H groups in total. The van der Waals surface area contributed by atoms with Gasteiger partial charge in [-0.2, -0.15) is 0 Å². The predicted molar refractivity (Wildman–Crippen MR) is 81.4 cm³/mol. The standard InChI is InChI=1S/C14H13Br2NO/c1-2-7-17-9-11-4-6-14(18-11)12-5-3-10(15)8-13(12)16/h2-6,8,17H,1,7,9H2. The van der Waals surface area contributed by atoms with Gasteiger partial charge in [0.15, 0.2) is 0 Å². The van der Waals surface area contributed by atoms with Crippen LogP contribution >= 0.6 is 31.9 Å². The minimum Gasteiger partial charge on any atom is -0.460 e. The Kier molecular flexibility index (Phi) is 4.80. The van der Waals surface area contributed by atoms with Crippen molar-refractivity contribution in [3.63, 3.8) is 0 Å². The number of furan rings is 1. The third-order valence-corrected chi connectivity index (χ3v) is 3.60. The monoisotopic (exact) mass is 369 g/mol. The number of hydrogen-bond donors (Lipinski definition) is 1. The van der Waals surface area contributed by atoms with Crippen LogP contribution in [0.25, 0.3) is 11.3 Å². The molecule has 1 aromatic carbocycles. The summed E-state index contributed by atoms with van der Waals surface area (Å²) in [5.41, 5.74) is 1.05. The Morgan fingerprint density at radius 3 is 2.78 bits per heavy atom. The van der Waals surface area contributed by atoms with E-state index in [9.17, 15) is 0 Å². The molecule has 0 unspecified atom stereocenters. The van der Waals surface area contributed by atoms with Gasteiger partial charge in [0.1, 0.15) is 11.5 Å². The Balaban J connectivity index is 2.16. The highest BCUT2D eigenvalue weighted by Crippen LogP contribution is 2.31. The van der Waals surface area contributed by atoms with Gasteiger partial charge in [-0.05, 0) is 46.3 Å². The lowest BCUT2D eigenvalue weighted by atomic mass is 10.2. The fourth-order valence-electron chi connectivity index (χ4n) is 1.60. The van der Waals surface area contributed by atoms with Crippen LogP contribution in [0, 0.1) is 0 Å². The molecule has 1 heterocycles. The summed E-state index contributed by atoms with van der Waals surface area (Å²) in [6, 6.07) is 10.00. The second-order valence-corrected chi connectivity index (χ2v) is 5.58. The van der Waals surface area contributed by atoms with Gasteiger partial charge in [-0.3, -0.25) is 0 Å². The number of halogens is 2. The zero-order valence-electron chi connectivity index (χ0n) is 9.75. The Morgan fingerprint density at radius 1 is 1.22 bits per heavy atom. The first-order valence-corrected chi connectivity index (χ1v) is 7.15. The van der Waals surface area contributed by atoms with Gasteiger partial charge in [0, 0.05) is 21.1 Å². The summed E-state index contributed by atoms with van der Waals surface area (Å²) in [5, 5.41) is 3.21. The van der Waals surface area contributed by atoms with Gasteiger partial charge in [0.05, 0.1) is 6.54 Å². The summed E-state index contributed by atoms with van der Waals surface area (Å²) >= 11 is 6.97. The lowest BCUT2D eigenvalue weighted by Gasteiger charge is -2.02. The molecule has 0 aliphatic heterocycles. The molecule has 0 aliphatic rings. The number of benzene rings is 1. The molecule has 0 saturated carbocycles. The Hall–Kier alpha value is -0.840. The molecular formula is C14H13Br2NO. The van der Waals surface area contributed by atoms with E-state index in [1.807, 2.05) is 36.4 Å². The molecule has 0 atom stereocenters. The molecule has 0 amide bonds. The first kappa shape index (κ1) is 13.6. The Labute approximate surface area is 123 Å². The molecule has 0 fully saturated rings. The van der Waals surface area contributed by atoms with Gasteiger partial charge in [0.25, 0.3) is 0 Å². The highest BCUT2D eigenvalue weighted by Gasteiger charge is 2.08. The van der Waals surface area contributed by atoms with Gasteiger partial charge in [-0.15, -0.1) is 6.58 Å². The topological polar surface area (TPSA) is 25.2 Å². The molecule has 0 aliphatic carbocycles. The van der Waals surface area contributed by atoms with Crippen LogP contribution in [0.2, 0.25) is 0 Å². The smallest absolute Gasteiger partial charge is 0.135 e. The van der Waals surface area contributed by atoms with E-state index in [1.54, 1.807) is 0 Å². The van der Waals surface area contributed by atoms with Gasteiger partial charge < -0.3 is 9.73 Å². The minimum absolute atomic E-state index is 0.708. The van der Waals surface area contributed by atoms with E-state index in [0.717, 1.165) is 32.6 Å². The molecule has 0 bridgehead atoms. The summed E-state index contributed by atoms with van der Waals surface area (Å²) in [7, 11) is 0. The van der Waals surface area contributed by atoms with Crippen molar-refractivity contribution in [1.29, 1.82) is 0 Å². The van der Waals surface area contributed by atoms with E-state index >= 15 is 0 Å². The summed E-state index contributed by atoms with van der Waals surface area (Å²) < 4.78 is 7.85. The minimum atomic E-state index is 0.708. The number of hydrogen-bond acceptors (Lipinski definition) is 2. The third-order valence-electron chi connectivity index (χ3n) is 2.45. The molecule has 1 aromatic heterocycles. The lowest BCUT2D eigenvalue weighted by molar-refractivity contribution is 0.501. The van der Waals surface area contributed by atoms with Crippen molar-refractivity contribution in [2.45, 2.75) is 6.54 Å². The molecule has 2 rings (SSSR count). The average molecular weight is 371 g/mol. The first-order valence-electron chi connectivity index (χ1n) is 5.56. The van der Waals surface area contributed by atoms with Crippen molar-refractivity contribution in [2.24, 2.45) is 0 Å². The maximum absolute atomic E-state index is 5.79. The van der Waals surface area contributed by atoms with Crippen molar-refractivity contribution in [3.8, 4) is 11.3 Å². The molecule has 2 nitrogen and oxygen atoms in total. The van der Waals surface area contributed by atoms with Gasteiger partial charge in [-0.25, -0.2) is 0 Å². The fourth-order valence-corrected chi connectivity index (χ4v) is 2.85. The normalized spacial score (nSPS) is 10.6. The van der Waals surface area contributed by atoms with Crippen molar-refractivity contribution in [2.75, 3.05) is 6.54 Å². The molecule has 2 aromatic rings. The van der Waals surface area contributed by atoms with Crippen LogP contribution in [0.15, 0.2) is 56.3 Å². The van der Waals surface area contributed by atoms with Crippen LogP contribution in [-0.2, 0) is 6.54 Å². The summed E-state index contributed by atoms with van der Waals surface area (Å²) in [4.78, 5) is 0. The highest BCUT2D eigenvalue weighted by molar-refractivity contribution is 9.11. The number of nitrogens with one attached hydrogen (secondary N) is 1. The molecule has 4 heteroatoms. The molecule has 0 radical (unpaired) electrons. The second-order valence-electron chi connectivity index (χ2n) is 3.81. The quantitative estimate of drug-likeness (QED) is 0.607. The maximum Gasteiger partial charge on any atom is 0.135 e. The summed E-state index contributed by atoms with van der Waals surface area (Å²) in [6.45, 7) is 5.15.